The first-order chi connectivity index (χ1) is 10.2. The number of hydrogen-bond donors (Lipinski definition) is 2. The molecule has 2 bridgehead atoms. The van der Waals surface area contributed by atoms with E-state index < -0.39 is 0 Å². The highest BCUT2D eigenvalue weighted by molar-refractivity contribution is 6.06. The summed E-state index contributed by atoms with van der Waals surface area (Å²) in [6, 6.07) is 5.54. The Balaban J connectivity index is 1.57. The van der Waals surface area contributed by atoms with E-state index in [1.54, 1.807) is 0 Å². The number of anilines is 1. The summed E-state index contributed by atoms with van der Waals surface area (Å²) in [5.74, 6) is 1.35. The second-order valence-electron chi connectivity index (χ2n) is 6.40. The molecule has 0 saturated carbocycles. The van der Waals surface area contributed by atoms with Crippen LogP contribution in [0.3, 0.4) is 0 Å². The minimum atomic E-state index is 0.144. The second-order valence-corrected chi connectivity index (χ2v) is 6.40. The van der Waals surface area contributed by atoms with Crippen molar-refractivity contribution < 1.29 is 4.79 Å². The van der Waals surface area contributed by atoms with E-state index in [1.807, 2.05) is 18.2 Å². The van der Waals surface area contributed by atoms with Crippen LogP contribution in [0.15, 0.2) is 18.2 Å². The summed E-state index contributed by atoms with van der Waals surface area (Å²) in [6.07, 6.45) is 3.09. The lowest BCUT2D eigenvalue weighted by Gasteiger charge is -2.44. The van der Waals surface area contributed by atoms with E-state index >= 15 is 0 Å². The Kier molecular flexibility index (Phi) is 2.96. The van der Waals surface area contributed by atoms with Crippen molar-refractivity contribution >= 4 is 22.4 Å². The minimum absolute atomic E-state index is 0.144. The van der Waals surface area contributed by atoms with Gasteiger partial charge in [0.25, 0.3) is 0 Å². The molecule has 3 aliphatic rings. The van der Waals surface area contributed by atoms with E-state index in [2.05, 4.69) is 15.1 Å². The van der Waals surface area contributed by atoms with Gasteiger partial charge in [0.05, 0.1) is 5.52 Å². The van der Waals surface area contributed by atoms with E-state index in [0.717, 1.165) is 17.4 Å². The smallest absolute Gasteiger partial charge is 0.184 e. The van der Waals surface area contributed by atoms with Gasteiger partial charge in [0.15, 0.2) is 5.78 Å². The maximum absolute atomic E-state index is 12.6. The van der Waals surface area contributed by atoms with Crippen molar-refractivity contribution in [2.24, 2.45) is 11.8 Å². The molecule has 3 N–H and O–H groups in total. The molecule has 0 unspecified atom stereocenters. The van der Waals surface area contributed by atoms with Gasteiger partial charge in [-0.15, -0.1) is 0 Å². The van der Waals surface area contributed by atoms with Gasteiger partial charge in [-0.3, -0.25) is 9.89 Å². The van der Waals surface area contributed by atoms with Crippen LogP contribution in [0.2, 0.25) is 0 Å². The third-order valence-electron chi connectivity index (χ3n) is 5.09. The summed E-state index contributed by atoms with van der Waals surface area (Å²) in [6.45, 7) is 3.48. The van der Waals surface area contributed by atoms with Gasteiger partial charge in [-0.1, -0.05) is 0 Å². The molecular formula is C16H20N4O. The number of nitrogens with one attached hydrogen (secondary N) is 1. The Hall–Kier alpha value is -1.88. The fourth-order valence-electron chi connectivity index (χ4n) is 3.90. The number of nitrogens with zero attached hydrogens (tertiary/aromatic N) is 2. The van der Waals surface area contributed by atoms with Crippen LogP contribution in [-0.4, -0.2) is 40.5 Å². The van der Waals surface area contributed by atoms with E-state index in [9.17, 15) is 4.79 Å². The highest BCUT2D eigenvalue weighted by atomic mass is 16.1. The van der Waals surface area contributed by atoms with E-state index in [0.29, 0.717) is 29.6 Å². The van der Waals surface area contributed by atoms with Crippen LogP contribution in [0.25, 0.3) is 10.9 Å². The van der Waals surface area contributed by atoms with Crippen LogP contribution in [0.4, 0.5) is 5.69 Å². The molecule has 2 aromatic rings. The fraction of sp³-hybridized carbons (Fsp3) is 0.500. The fourth-order valence-corrected chi connectivity index (χ4v) is 3.90. The van der Waals surface area contributed by atoms with Crippen molar-refractivity contribution in [1.29, 1.82) is 0 Å². The Morgan fingerprint density at radius 1 is 1.38 bits per heavy atom. The number of nitrogens with two attached hydrogens (primary N) is 1. The van der Waals surface area contributed by atoms with Crippen LogP contribution in [-0.2, 0) is 0 Å². The SMILES string of the molecule is Nc1ccc2[nH]nc(C(=O)C[C@H]3CN4CCC3CC4)c2c1. The number of aromatic nitrogens is 2. The van der Waals surface area contributed by atoms with E-state index in [4.69, 9.17) is 5.73 Å². The molecular weight excluding hydrogens is 264 g/mol. The summed E-state index contributed by atoms with van der Waals surface area (Å²) < 4.78 is 0. The van der Waals surface area contributed by atoms with Gasteiger partial charge in [-0.2, -0.15) is 5.10 Å². The first kappa shape index (κ1) is 12.8. The summed E-state index contributed by atoms with van der Waals surface area (Å²) >= 11 is 0. The number of carbonyl (C=O) groups is 1. The van der Waals surface area contributed by atoms with Crippen LogP contribution < -0.4 is 5.73 Å². The number of rotatable bonds is 3. The molecule has 21 heavy (non-hydrogen) atoms. The Morgan fingerprint density at radius 2 is 2.19 bits per heavy atom. The lowest BCUT2D eigenvalue weighted by Crippen LogP contribution is -2.47. The monoisotopic (exact) mass is 284 g/mol. The van der Waals surface area contributed by atoms with Gasteiger partial charge in [0, 0.05) is 24.0 Å². The molecule has 0 spiro atoms. The van der Waals surface area contributed by atoms with E-state index in [-0.39, 0.29) is 5.78 Å². The molecule has 110 valence electrons. The first-order valence-corrected chi connectivity index (χ1v) is 7.70. The standard InChI is InChI=1S/C16H20N4O/c17-12-1-2-14-13(8-12)16(19-18-14)15(21)7-11-9-20-5-3-10(11)4-6-20/h1-2,8,10-11H,3-7,9,17H2,(H,18,19)/t11-/m0/s1. The number of carbonyl (C=O) groups excluding carboxylic acids is 1. The van der Waals surface area contributed by atoms with Crippen LogP contribution in [0, 0.1) is 11.8 Å². The van der Waals surface area contributed by atoms with Crippen molar-refractivity contribution in [3.8, 4) is 0 Å². The highest BCUT2D eigenvalue weighted by Crippen LogP contribution is 2.35. The third-order valence-corrected chi connectivity index (χ3v) is 5.09. The average molecular weight is 284 g/mol. The third kappa shape index (κ3) is 2.21. The number of nitrogen functional groups attached to an aromatic ring is 1. The minimum Gasteiger partial charge on any atom is -0.399 e. The molecule has 1 aromatic heterocycles. The molecule has 1 aromatic carbocycles. The zero-order valence-corrected chi connectivity index (χ0v) is 12.0. The molecule has 5 nitrogen and oxygen atoms in total. The van der Waals surface area contributed by atoms with E-state index in [1.165, 1.54) is 25.9 Å². The summed E-state index contributed by atoms with van der Waals surface area (Å²) in [4.78, 5) is 15.1. The van der Waals surface area contributed by atoms with Gasteiger partial charge in [-0.05, 0) is 56.0 Å². The Labute approximate surface area is 123 Å². The second kappa shape index (κ2) is 4.84. The van der Waals surface area contributed by atoms with Crippen molar-refractivity contribution in [2.45, 2.75) is 19.3 Å². The maximum Gasteiger partial charge on any atom is 0.184 e. The topological polar surface area (TPSA) is 75.0 Å². The van der Waals surface area contributed by atoms with Crippen molar-refractivity contribution in [3.05, 3.63) is 23.9 Å². The van der Waals surface area contributed by atoms with Crippen LogP contribution >= 0.6 is 0 Å². The van der Waals surface area contributed by atoms with Crippen LogP contribution in [0.5, 0.6) is 0 Å². The van der Waals surface area contributed by atoms with Crippen LogP contribution in [0.1, 0.15) is 29.8 Å². The molecule has 5 rings (SSSR count). The van der Waals surface area contributed by atoms with Crippen molar-refractivity contribution in [2.75, 3.05) is 25.4 Å². The molecule has 3 aliphatic heterocycles. The van der Waals surface area contributed by atoms with Crippen molar-refractivity contribution in [1.82, 2.24) is 15.1 Å². The number of fused-ring (bicyclic) bond motifs is 4. The summed E-state index contributed by atoms with van der Waals surface area (Å²) in [5, 5.41) is 8.00. The normalized spacial score (nSPS) is 28.1. The van der Waals surface area contributed by atoms with Gasteiger partial charge >= 0.3 is 0 Å². The molecule has 4 heterocycles. The zero-order chi connectivity index (χ0) is 14.4. The number of aromatic amines is 1. The lowest BCUT2D eigenvalue weighted by atomic mass is 9.76. The van der Waals surface area contributed by atoms with Gasteiger partial charge in [0.1, 0.15) is 5.69 Å². The number of H-pyrrole nitrogens is 1. The largest absolute Gasteiger partial charge is 0.399 e. The van der Waals surface area contributed by atoms with Gasteiger partial charge < -0.3 is 10.6 Å². The summed E-state index contributed by atoms with van der Waals surface area (Å²) in [5.41, 5.74) is 7.92. The van der Waals surface area contributed by atoms with Crippen molar-refractivity contribution in [3.63, 3.8) is 0 Å². The Bertz CT molecular complexity index is 685. The number of Topliss-reactive ketones (excluding diaryl/α,β-unsaturated/α-hetero) is 1. The molecule has 0 radical (unpaired) electrons. The molecule has 5 heteroatoms. The molecule has 3 saturated heterocycles. The first-order valence-electron chi connectivity index (χ1n) is 7.70. The predicted octanol–water partition coefficient (Wildman–Crippen LogP) is 2.06. The lowest BCUT2D eigenvalue weighted by molar-refractivity contribution is 0.0440. The zero-order valence-electron chi connectivity index (χ0n) is 12.0. The highest BCUT2D eigenvalue weighted by Gasteiger charge is 2.35. The number of ketones is 1. The number of hydrogen-bond acceptors (Lipinski definition) is 4. The predicted molar refractivity (Wildman–Crippen MR) is 82.1 cm³/mol. The van der Waals surface area contributed by atoms with Gasteiger partial charge in [0.2, 0.25) is 0 Å². The molecule has 0 aliphatic carbocycles. The number of benzene rings is 1. The Morgan fingerprint density at radius 3 is 2.90 bits per heavy atom. The maximum atomic E-state index is 12.6. The quantitative estimate of drug-likeness (QED) is 0.668. The molecule has 0 amide bonds. The average Bonchev–Trinajstić information content (AvgIpc) is 2.91. The van der Waals surface area contributed by atoms with Gasteiger partial charge in [-0.25, -0.2) is 0 Å². The number of piperidine rings is 3. The molecule has 3 fully saturated rings. The molecule has 1 atom stereocenters. The summed E-state index contributed by atoms with van der Waals surface area (Å²) in [7, 11) is 0.